The number of pyridine rings is 1. The number of hydrogen-bond donors (Lipinski definition) is 2. The lowest BCUT2D eigenvalue weighted by molar-refractivity contribution is 0.0398. The van der Waals surface area contributed by atoms with Crippen LogP contribution in [-0.2, 0) is 4.74 Å². The molecular formula is C22H24ClN7O. The van der Waals surface area contributed by atoms with E-state index >= 15 is 0 Å². The average molecular weight is 438 g/mol. The van der Waals surface area contributed by atoms with Crippen molar-refractivity contribution < 1.29 is 4.74 Å². The molecule has 0 amide bonds. The summed E-state index contributed by atoms with van der Waals surface area (Å²) >= 11 is 6.63. The van der Waals surface area contributed by atoms with Crippen molar-refractivity contribution in [3.05, 3.63) is 47.4 Å². The molecule has 160 valence electrons. The first-order valence-electron chi connectivity index (χ1n) is 10.3. The van der Waals surface area contributed by atoms with Gasteiger partial charge in [0.25, 0.3) is 0 Å². The number of nitrogens with zero attached hydrogens (tertiary/aromatic N) is 5. The summed E-state index contributed by atoms with van der Waals surface area (Å²) in [6, 6.07) is 7.78. The predicted molar refractivity (Wildman–Crippen MR) is 124 cm³/mol. The van der Waals surface area contributed by atoms with Gasteiger partial charge in [0.2, 0.25) is 0 Å². The normalized spacial score (nSPS) is 15.0. The maximum Gasteiger partial charge on any atom is 0.150 e. The molecule has 0 unspecified atom stereocenters. The van der Waals surface area contributed by atoms with Gasteiger partial charge in [-0.15, -0.1) is 0 Å². The smallest absolute Gasteiger partial charge is 0.150 e. The van der Waals surface area contributed by atoms with Gasteiger partial charge in [0, 0.05) is 37.8 Å². The molecule has 1 aliphatic heterocycles. The Morgan fingerprint density at radius 1 is 1.23 bits per heavy atom. The summed E-state index contributed by atoms with van der Waals surface area (Å²) in [7, 11) is 0. The maximum atomic E-state index is 6.63. The quantitative estimate of drug-likeness (QED) is 0.495. The number of fused-ring (bicyclic) bond motifs is 3. The van der Waals surface area contributed by atoms with E-state index in [2.05, 4.69) is 20.2 Å². The number of hydrogen-bond acceptors (Lipinski definition) is 7. The molecule has 0 saturated carbocycles. The Morgan fingerprint density at radius 2 is 2.06 bits per heavy atom. The number of anilines is 2. The molecule has 1 aliphatic rings. The summed E-state index contributed by atoms with van der Waals surface area (Å²) < 4.78 is 7.36. The third-order valence-corrected chi connectivity index (χ3v) is 5.97. The highest BCUT2D eigenvalue weighted by Gasteiger charge is 2.19. The van der Waals surface area contributed by atoms with E-state index < -0.39 is 0 Å². The van der Waals surface area contributed by atoms with Gasteiger partial charge in [-0.3, -0.25) is 9.30 Å². The van der Waals surface area contributed by atoms with Crippen LogP contribution in [0.5, 0.6) is 0 Å². The molecule has 0 atom stereocenters. The number of aryl methyl sites for hydroxylation is 1. The zero-order chi connectivity index (χ0) is 21.4. The molecule has 8 nitrogen and oxygen atoms in total. The SMILES string of the molecule is Cc1cccc(Cl)c1-c1nc(NCCN2CCOCC2)cc2nc(N)c3cncn3c12. The van der Waals surface area contributed by atoms with E-state index in [0.717, 1.165) is 78.6 Å². The minimum absolute atomic E-state index is 0.428. The molecule has 1 fully saturated rings. The number of halogens is 1. The van der Waals surface area contributed by atoms with Gasteiger partial charge < -0.3 is 15.8 Å². The Labute approximate surface area is 185 Å². The van der Waals surface area contributed by atoms with Gasteiger partial charge in [0.1, 0.15) is 22.8 Å². The van der Waals surface area contributed by atoms with Crippen LogP contribution < -0.4 is 11.1 Å². The molecule has 4 heterocycles. The standard InChI is InChI=1S/C22H24ClN7O/c1-14-3-2-4-15(23)19(14)20-21-16(27-22(24)17-12-25-13-30(17)21)11-18(28-20)26-5-6-29-7-9-31-10-8-29/h2-4,11-13H,5-10H2,1H3,(H2,24,27)(H,26,28). The second-order valence-electron chi connectivity index (χ2n) is 7.68. The fourth-order valence-corrected chi connectivity index (χ4v) is 4.37. The second kappa shape index (κ2) is 8.30. The first-order chi connectivity index (χ1) is 15.1. The van der Waals surface area contributed by atoms with Crippen molar-refractivity contribution >= 4 is 39.8 Å². The molecule has 0 spiro atoms. The Hall–Kier alpha value is -2.94. The molecule has 3 N–H and O–H groups in total. The zero-order valence-corrected chi connectivity index (χ0v) is 18.1. The summed E-state index contributed by atoms with van der Waals surface area (Å²) in [5.74, 6) is 1.17. The van der Waals surface area contributed by atoms with E-state index in [9.17, 15) is 0 Å². The molecule has 4 aromatic rings. The molecule has 0 radical (unpaired) electrons. The van der Waals surface area contributed by atoms with Gasteiger partial charge in [-0.2, -0.15) is 0 Å². The van der Waals surface area contributed by atoms with Crippen molar-refractivity contribution in [2.75, 3.05) is 50.4 Å². The topological polar surface area (TPSA) is 93.6 Å². The molecule has 31 heavy (non-hydrogen) atoms. The number of ether oxygens (including phenoxy) is 1. The van der Waals surface area contributed by atoms with Crippen LogP contribution in [0.25, 0.3) is 27.8 Å². The van der Waals surface area contributed by atoms with Crippen molar-refractivity contribution in [1.82, 2.24) is 24.3 Å². The Balaban J connectivity index is 1.60. The largest absolute Gasteiger partial charge is 0.382 e. The van der Waals surface area contributed by atoms with Crippen LogP contribution >= 0.6 is 11.6 Å². The number of rotatable bonds is 5. The van der Waals surface area contributed by atoms with E-state index in [1.54, 1.807) is 12.5 Å². The summed E-state index contributed by atoms with van der Waals surface area (Å²) in [5, 5.41) is 4.10. The monoisotopic (exact) mass is 437 g/mol. The molecule has 3 aromatic heterocycles. The van der Waals surface area contributed by atoms with Crippen molar-refractivity contribution in [1.29, 1.82) is 0 Å². The zero-order valence-electron chi connectivity index (χ0n) is 17.3. The van der Waals surface area contributed by atoms with Crippen molar-refractivity contribution in [2.24, 2.45) is 0 Å². The Bertz CT molecular complexity index is 1230. The van der Waals surface area contributed by atoms with Crippen LogP contribution in [0.1, 0.15) is 5.56 Å². The van der Waals surface area contributed by atoms with Gasteiger partial charge in [-0.1, -0.05) is 23.7 Å². The molecule has 1 saturated heterocycles. The second-order valence-corrected chi connectivity index (χ2v) is 8.09. The fraction of sp³-hybridized carbons (Fsp3) is 0.318. The number of aromatic nitrogens is 4. The molecule has 9 heteroatoms. The van der Waals surface area contributed by atoms with Crippen LogP contribution in [-0.4, -0.2) is 63.6 Å². The highest BCUT2D eigenvalue weighted by molar-refractivity contribution is 6.33. The lowest BCUT2D eigenvalue weighted by atomic mass is 10.0. The van der Waals surface area contributed by atoms with Crippen molar-refractivity contribution in [3.63, 3.8) is 0 Å². The van der Waals surface area contributed by atoms with Gasteiger partial charge in [0.15, 0.2) is 0 Å². The number of morpholine rings is 1. The minimum atomic E-state index is 0.428. The molecule has 0 bridgehead atoms. The number of nitrogens with two attached hydrogens (primary N) is 1. The average Bonchev–Trinajstić information content (AvgIpc) is 3.25. The number of nitrogens with one attached hydrogen (secondary N) is 1. The molecule has 5 rings (SSSR count). The van der Waals surface area contributed by atoms with Crippen molar-refractivity contribution in [3.8, 4) is 11.3 Å². The Morgan fingerprint density at radius 3 is 2.87 bits per heavy atom. The van der Waals surface area contributed by atoms with Crippen LogP contribution in [0.2, 0.25) is 5.02 Å². The first kappa shape index (κ1) is 20.0. The molecular weight excluding hydrogens is 414 g/mol. The van der Waals surface area contributed by atoms with E-state index in [-0.39, 0.29) is 0 Å². The van der Waals surface area contributed by atoms with Crippen LogP contribution in [0, 0.1) is 6.92 Å². The van der Waals surface area contributed by atoms with Gasteiger partial charge in [-0.25, -0.2) is 15.0 Å². The maximum absolute atomic E-state index is 6.63. The van der Waals surface area contributed by atoms with Crippen LogP contribution in [0.4, 0.5) is 11.6 Å². The summed E-state index contributed by atoms with van der Waals surface area (Å²) in [5.41, 5.74) is 11.2. The number of imidazole rings is 1. The van der Waals surface area contributed by atoms with Gasteiger partial charge in [0.05, 0.1) is 41.8 Å². The number of benzene rings is 1. The summed E-state index contributed by atoms with van der Waals surface area (Å²) in [4.78, 5) is 16.3. The van der Waals surface area contributed by atoms with E-state index in [4.69, 9.17) is 27.1 Å². The van der Waals surface area contributed by atoms with Gasteiger partial charge >= 0.3 is 0 Å². The fourth-order valence-electron chi connectivity index (χ4n) is 4.06. The summed E-state index contributed by atoms with van der Waals surface area (Å²) in [6.07, 6.45) is 3.44. The highest BCUT2D eigenvalue weighted by atomic mass is 35.5. The van der Waals surface area contributed by atoms with E-state index in [1.807, 2.05) is 35.6 Å². The number of nitrogen functional groups attached to an aromatic ring is 1. The molecule has 0 aliphatic carbocycles. The minimum Gasteiger partial charge on any atom is -0.382 e. The van der Waals surface area contributed by atoms with Gasteiger partial charge in [-0.05, 0) is 18.6 Å². The first-order valence-corrected chi connectivity index (χ1v) is 10.7. The third-order valence-electron chi connectivity index (χ3n) is 5.65. The Kier molecular flexibility index (Phi) is 5.35. The van der Waals surface area contributed by atoms with Crippen molar-refractivity contribution in [2.45, 2.75) is 6.92 Å². The summed E-state index contributed by atoms with van der Waals surface area (Å²) in [6.45, 7) is 7.19. The lowest BCUT2D eigenvalue weighted by Gasteiger charge is -2.26. The van der Waals surface area contributed by atoms with E-state index in [0.29, 0.717) is 10.8 Å². The predicted octanol–water partition coefficient (Wildman–Crippen LogP) is 3.23. The van der Waals surface area contributed by atoms with Crippen LogP contribution in [0.3, 0.4) is 0 Å². The third kappa shape index (κ3) is 3.78. The lowest BCUT2D eigenvalue weighted by Crippen LogP contribution is -2.39. The highest BCUT2D eigenvalue weighted by Crippen LogP contribution is 2.36. The molecule has 1 aromatic carbocycles. The van der Waals surface area contributed by atoms with Crippen LogP contribution in [0.15, 0.2) is 36.8 Å². The van der Waals surface area contributed by atoms with E-state index in [1.165, 1.54) is 0 Å².